The van der Waals surface area contributed by atoms with E-state index in [-0.39, 0.29) is 0 Å². The molecule has 0 N–H and O–H groups in total. The van der Waals surface area contributed by atoms with Crippen LogP contribution in [0.4, 0.5) is 5.82 Å². The van der Waals surface area contributed by atoms with Gasteiger partial charge in [-0.1, -0.05) is 0 Å². The lowest BCUT2D eigenvalue weighted by Crippen LogP contribution is -2.43. The van der Waals surface area contributed by atoms with Crippen LogP contribution in [0, 0.1) is 0 Å². The molecule has 0 unspecified atom stereocenters. The second-order valence-electron chi connectivity index (χ2n) is 6.64. The number of rotatable bonds is 4. The molecule has 6 heteroatoms. The third kappa shape index (κ3) is 3.08. The van der Waals surface area contributed by atoms with Crippen LogP contribution in [-0.2, 0) is 19.5 Å². The number of nitrogens with zero attached hydrogens (tertiary/aromatic N) is 6. The summed E-state index contributed by atoms with van der Waals surface area (Å²) in [4.78, 5) is 13.2. The standard InChI is InChI=1S/C17H24N6/c1-21(17-4-7-18-13-19-17)15-5-9-22(10-6-15)12-14-11-16-3-2-8-23(16)20-14/h4,7,11,13,15H,2-3,5-6,8-10,12H2,1H3. The van der Waals surface area contributed by atoms with Gasteiger partial charge in [-0.25, -0.2) is 9.97 Å². The van der Waals surface area contributed by atoms with Crippen molar-refractivity contribution in [2.75, 3.05) is 25.0 Å². The molecule has 0 atom stereocenters. The summed E-state index contributed by atoms with van der Waals surface area (Å²) < 4.78 is 2.19. The van der Waals surface area contributed by atoms with Gasteiger partial charge in [-0.3, -0.25) is 9.58 Å². The number of aromatic nitrogens is 4. The smallest absolute Gasteiger partial charge is 0.131 e. The Hall–Kier alpha value is -1.95. The van der Waals surface area contributed by atoms with Crippen LogP contribution in [0.25, 0.3) is 0 Å². The Morgan fingerprint density at radius 3 is 2.87 bits per heavy atom. The molecule has 2 aliphatic rings. The summed E-state index contributed by atoms with van der Waals surface area (Å²) in [6.45, 7) is 4.34. The molecule has 1 saturated heterocycles. The molecule has 6 nitrogen and oxygen atoms in total. The van der Waals surface area contributed by atoms with Crippen LogP contribution in [-0.4, -0.2) is 50.8 Å². The number of aryl methyl sites for hydroxylation is 2. The van der Waals surface area contributed by atoms with E-state index < -0.39 is 0 Å². The minimum Gasteiger partial charge on any atom is -0.356 e. The fourth-order valence-electron chi connectivity index (χ4n) is 3.77. The number of hydrogen-bond acceptors (Lipinski definition) is 5. The minimum atomic E-state index is 0.563. The van der Waals surface area contributed by atoms with Gasteiger partial charge in [0.25, 0.3) is 0 Å². The van der Waals surface area contributed by atoms with Crippen molar-refractivity contribution in [3.63, 3.8) is 0 Å². The first kappa shape index (κ1) is 14.6. The summed E-state index contributed by atoms with van der Waals surface area (Å²) >= 11 is 0. The number of piperidine rings is 1. The summed E-state index contributed by atoms with van der Waals surface area (Å²) in [5, 5.41) is 4.73. The zero-order chi connectivity index (χ0) is 15.6. The predicted molar refractivity (Wildman–Crippen MR) is 89.3 cm³/mol. The van der Waals surface area contributed by atoms with Crippen LogP contribution in [0.15, 0.2) is 24.7 Å². The van der Waals surface area contributed by atoms with Crippen molar-refractivity contribution < 1.29 is 0 Å². The van der Waals surface area contributed by atoms with Crippen molar-refractivity contribution in [2.45, 2.75) is 44.8 Å². The lowest BCUT2D eigenvalue weighted by atomic mass is 10.0. The molecule has 0 radical (unpaired) electrons. The first-order chi connectivity index (χ1) is 11.3. The van der Waals surface area contributed by atoms with Gasteiger partial charge in [0.05, 0.1) is 5.69 Å². The molecule has 122 valence electrons. The number of fused-ring (bicyclic) bond motifs is 1. The van der Waals surface area contributed by atoms with Gasteiger partial charge in [0, 0.05) is 51.2 Å². The first-order valence-electron chi connectivity index (χ1n) is 8.56. The van der Waals surface area contributed by atoms with Crippen molar-refractivity contribution in [1.82, 2.24) is 24.6 Å². The van der Waals surface area contributed by atoms with E-state index in [0.717, 1.165) is 32.0 Å². The SMILES string of the molecule is CN(c1ccncn1)C1CCN(Cc2cc3n(n2)CCC3)CC1. The average Bonchev–Trinajstić information content (AvgIpc) is 3.17. The van der Waals surface area contributed by atoms with Gasteiger partial charge in [-0.2, -0.15) is 5.10 Å². The summed E-state index contributed by atoms with van der Waals surface area (Å²) in [5.74, 6) is 1.02. The van der Waals surface area contributed by atoms with Gasteiger partial charge in [-0.15, -0.1) is 0 Å². The normalized spacial score (nSPS) is 19.0. The highest BCUT2D eigenvalue weighted by Gasteiger charge is 2.24. The van der Waals surface area contributed by atoms with Gasteiger partial charge in [0.1, 0.15) is 12.1 Å². The molecule has 23 heavy (non-hydrogen) atoms. The zero-order valence-corrected chi connectivity index (χ0v) is 13.7. The topological polar surface area (TPSA) is 50.1 Å². The second-order valence-corrected chi connectivity index (χ2v) is 6.64. The van der Waals surface area contributed by atoms with E-state index in [0.29, 0.717) is 6.04 Å². The molecular weight excluding hydrogens is 288 g/mol. The lowest BCUT2D eigenvalue weighted by Gasteiger charge is -2.37. The van der Waals surface area contributed by atoms with Crippen LogP contribution in [0.3, 0.4) is 0 Å². The van der Waals surface area contributed by atoms with Gasteiger partial charge in [0.2, 0.25) is 0 Å². The molecule has 1 fully saturated rings. The Labute approximate surface area is 137 Å². The molecule has 0 bridgehead atoms. The quantitative estimate of drug-likeness (QED) is 0.860. The van der Waals surface area contributed by atoms with Gasteiger partial charge < -0.3 is 4.90 Å². The molecule has 0 saturated carbocycles. The minimum absolute atomic E-state index is 0.563. The number of likely N-dealkylation sites (tertiary alicyclic amines) is 1. The fourth-order valence-corrected chi connectivity index (χ4v) is 3.77. The van der Waals surface area contributed by atoms with Crippen LogP contribution in [0.5, 0.6) is 0 Å². The maximum absolute atomic E-state index is 4.73. The van der Waals surface area contributed by atoms with E-state index in [1.165, 1.54) is 37.1 Å². The summed E-state index contributed by atoms with van der Waals surface area (Å²) in [7, 11) is 2.14. The van der Waals surface area contributed by atoms with Crippen LogP contribution in [0.2, 0.25) is 0 Å². The van der Waals surface area contributed by atoms with E-state index in [9.17, 15) is 0 Å². The zero-order valence-electron chi connectivity index (χ0n) is 13.7. The van der Waals surface area contributed by atoms with E-state index in [4.69, 9.17) is 5.10 Å². The van der Waals surface area contributed by atoms with Gasteiger partial charge in [-0.05, 0) is 37.8 Å². The molecule has 2 aromatic heterocycles. The lowest BCUT2D eigenvalue weighted by molar-refractivity contribution is 0.200. The molecule has 0 aromatic carbocycles. The van der Waals surface area contributed by atoms with Gasteiger partial charge >= 0.3 is 0 Å². The molecule has 2 aliphatic heterocycles. The van der Waals surface area contributed by atoms with E-state index in [1.54, 1.807) is 6.33 Å². The fraction of sp³-hybridized carbons (Fsp3) is 0.588. The van der Waals surface area contributed by atoms with Crippen molar-refractivity contribution in [2.24, 2.45) is 0 Å². The molecule has 4 rings (SSSR count). The Morgan fingerprint density at radius 2 is 2.13 bits per heavy atom. The molecule has 0 spiro atoms. The summed E-state index contributed by atoms with van der Waals surface area (Å²) in [6, 6.07) is 4.85. The highest BCUT2D eigenvalue weighted by Crippen LogP contribution is 2.22. The summed E-state index contributed by atoms with van der Waals surface area (Å²) in [6.07, 6.45) is 8.23. The van der Waals surface area contributed by atoms with E-state index in [2.05, 4.69) is 37.6 Å². The average molecular weight is 312 g/mol. The van der Waals surface area contributed by atoms with Crippen LogP contribution < -0.4 is 4.90 Å². The Kier molecular flexibility index (Phi) is 3.99. The van der Waals surface area contributed by atoms with Crippen LogP contribution >= 0.6 is 0 Å². The predicted octanol–water partition coefficient (Wildman–Crippen LogP) is 1.72. The number of hydrogen-bond donors (Lipinski definition) is 0. The van der Waals surface area contributed by atoms with Crippen molar-refractivity contribution in [3.05, 3.63) is 36.0 Å². The van der Waals surface area contributed by atoms with Crippen molar-refractivity contribution in [1.29, 1.82) is 0 Å². The first-order valence-corrected chi connectivity index (χ1v) is 8.56. The maximum atomic E-state index is 4.73. The second kappa shape index (κ2) is 6.28. The highest BCUT2D eigenvalue weighted by molar-refractivity contribution is 5.36. The Balaban J connectivity index is 1.32. The summed E-state index contributed by atoms with van der Waals surface area (Å²) in [5.41, 5.74) is 2.65. The Morgan fingerprint density at radius 1 is 1.26 bits per heavy atom. The molecule has 0 aliphatic carbocycles. The highest BCUT2D eigenvalue weighted by atomic mass is 15.3. The van der Waals surface area contributed by atoms with Gasteiger partial charge in [0.15, 0.2) is 0 Å². The third-order valence-corrected chi connectivity index (χ3v) is 5.13. The monoisotopic (exact) mass is 312 g/mol. The van der Waals surface area contributed by atoms with Crippen molar-refractivity contribution in [3.8, 4) is 0 Å². The van der Waals surface area contributed by atoms with E-state index in [1.807, 2.05) is 12.3 Å². The third-order valence-electron chi connectivity index (χ3n) is 5.13. The molecule has 4 heterocycles. The Bertz CT molecular complexity index is 623. The maximum Gasteiger partial charge on any atom is 0.131 e. The molecule has 2 aromatic rings. The molecule has 0 amide bonds. The van der Waals surface area contributed by atoms with Crippen LogP contribution in [0.1, 0.15) is 30.7 Å². The number of anilines is 1. The van der Waals surface area contributed by atoms with Crippen molar-refractivity contribution >= 4 is 5.82 Å². The van der Waals surface area contributed by atoms with E-state index >= 15 is 0 Å². The largest absolute Gasteiger partial charge is 0.356 e. The molecular formula is C17H24N6.